The van der Waals surface area contributed by atoms with Gasteiger partial charge in [0, 0.05) is 5.69 Å². The molecule has 0 aliphatic heterocycles. The number of benzene rings is 1. The highest BCUT2D eigenvalue weighted by Gasteiger charge is 2.17. The molecule has 1 atom stereocenters. The van der Waals surface area contributed by atoms with Gasteiger partial charge in [0.2, 0.25) is 11.8 Å². The van der Waals surface area contributed by atoms with E-state index in [0.29, 0.717) is 0 Å². The molecule has 1 aromatic carbocycles. The van der Waals surface area contributed by atoms with E-state index in [2.05, 4.69) is 17.6 Å². The molecule has 0 heterocycles. The first-order valence-corrected chi connectivity index (χ1v) is 7.27. The third-order valence-corrected chi connectivity index (χ3v) is 3.46. The number of aryl methyl sites for hydroxylation is 2. The summed E-state index contributed by atoms with van der Waals surface area (Å²) in [6.07, 6.45) is 0.912. The molecular weight excluding hydrogens is 302 g/mol. The molecule has 0 unspecified atom stereocenters. The van der Waals surface area contributed by atoms with Gasteiger partial charge in [-0.15, -0.1) is 12.4 Å². The average Bonchev–Trinajstić information content (AvgIpc) is 2.45. The van der Waals surface area contributed by atoms with Crippen LogP contribution in [-0.4, -0.2) is 24.4 Å². The minimum Gasteiger partial charge on any atom is -0.346 e. The summed E-state index contributed by atoms with van der Waals surface area (Å²) in [6.45, 7) is 7.76. The van der Waals surface area contributed by atoms with Crippen LogP contribution in [0.4, 0.5) is 5.69 Å². The predicted octanol–water partition coefficient (Wildman–Crippen LogP) is 2.02. The molecule has 6 heteroatoms. The number of halogens is 1. The van der Waals surface area contributed by atoms with Gasteiger partial charge in [0.1, 0.15) is 0 Å². The van der Waals surface area contributed by atoms with Crippen molar-refractivity contribution in [3.8, 4) is 0 Å². The Balaban J connectivity index is 0.00000441. The fourth-order valence-corrected chi connectivity index (χ4v) is 1.92. The van der Waals surface area contributed by atoms with Gasteiger partial charge >= 0.3 is 0 Å². The largest absolute Gasteiger partial charge is 0.346 e. The smallest absolute Gasteiger partial charge is 0.243 e. The lowest BCUT2D eigenvalue weighted by atomic mass is 10.1. The standard InChI is InChI=1S/C16H25N3O2.ClH/c1-5-12-8-13(7-6-11(12)4)19-14(20)9-18-16(21)15(17)10(2)3;/h6-8,10,15H,5,9,17H2,1-4H3,(H,18,21)(H,19,20);1H/t15-;/m0./s1. The quantitative estimate of drug-likeness (QED) is 0.747. The van der Waals surface area contributed by atoms with E-state index in [4.69, 9.17) is 5.73 Å². The lowest BCUT2D eigenvalue weighted by Gasteiger charge is -2.15. The molecule has 0 spiro atoms. The summed E-state index contributed by atoms with van der Waals surface area (Å²) in [5.74, 6) is -0.527. The van der Waals surface area contributed by atoms with E-state index in [0.717, 1.165) is 12.1 Å². The van der Waals surface area contributed by atoms with Crippen molar-refractivity contribution >= 4 is 29.9 Å². The van der Waals surface area contributed by atoms with Gasteiger partial charge in [-0.25, -0.2) is 0 Å². The maximum absolute atomic E-state index is 11.8. The maximum Gasteiger partial charge on any atom is 0.243 e. The highest BCUT2D eigenvalue weighted by atomic mass is 35.5. The number of carbonyl (C=O) groups is 2. The van der Waals surface area contributed by atoms with Gasteiger partial charge in [0.25, 0.3) is 0 Å². The van der Waals surface area contributed by atoms with Gasteiger partial charge in [-0.05, 0) is 42.5 Å². The van der Waals surface area contributed by atoms with Crippen LogP contribution in [0.5, 0.6) is 0 Å². The Morgan fingerprint density at radius 2 is 1.91 bits per heavy atom. The Kier molecular flexibility index (Phi) is 8.75. The van der Waals surface area contributed by atoms with Crippen LogP contribution >= 0.6 is 12.4 Å². The van der Waals surface area contributed by atoms with Crippen LogP contribution in [0.1, 0.15) is 31.9 Å². The van der Waals surface area contributed by atoms with Crippen molar-refractivity contribution < 1.29 is 9.59 Å². The fraction of sp³-hybridized carbons (Fsp3) is 0.500. The van der Waals surface area contributed by atoms with Crippen LogP contribution in [0.25, 0.3) is 0 Å². The summed E-state index contributed by atoms with van der Waals surface area (Å²) >= 11 is 0. The van der Waals surface area contributed by atoms with E-state index in [9.17, 15) is 9.59 Å². The Morgan fingerprint density at radius 1 is 1.27 bits per heavy atom. The third kappa shape index (κ3) is 6.03. The van der Waals surface area contributed by atoms with Crippen LogP contribution in [0.2, 0.25) is 0 Å². The maximum atomic E-state index is 11.8. The second-order valence-electron chi connectivity index (χ2n) is 5.53. The first kappa shape index (κ1) is 20.4. The van der Waals surface area contributed by atoms with E-state index in [-0.39, 0.29) is 36.7 Å². The van der Waals surface area contributed by atoms with Crippen molar-refractivity contribution in [2.45, 2.75) is 40.2 Å². The van der Waals surface area contributed by atoms with Gasteiger partial charge in [-0.1, -0.05) is 26.8 Å². The van der Waals surface area contributed by atoms with Crippen LogP contribution in [0.15, 0.2) is 18.2 Å². The summed E-state index contributed by atoms with van der Waals surface area (Å²) in [5.41, 5.74) is 8.84. The van der Waals surface area contributed by atoms with Crippen molar-refractivity contribution in [1.82, 2.24) is 5.32 Å². The number of rotatable bonds is 6. The first-order chi connectivity index (χ1) is 9.85. The molecule has 2 amide bonds. The van der Waals surface area contributed by atoms with E-state index in [1.54, 1.807) is 0 Å². The van der Waals surface area contributed by atoms with Crippen molar-refractivity contribution in [1.29, 1.82) is 0 Å². The van der Waals surface area contributed by atoms with E-state index < -0.39 is 6.04 Å². The zero-order valence-electron chi connectivity index (χ0n) is 13.6. The minimum absolute atomic E-state index is 0. The molecule has 0 aliphatic carbocycles. The highest BCUT2D eigenvalue weighted by molar-refractivity contribution is 5.95. The monoisotopic (exact) mass is 327 g/mol. The normalized spacial score (nSPS) is 11.5. The Morgan fingerprint density at radius 3 is 2.45 bits per heavy atom. The van der Waals surface area contributed by atoms with E-state index >= 15 is 0 Å². The number of nitrogens with two attached hydrogens (primary N) is 1. The topological polar surface area (TPSA) is 84.2 Å². The van der Waals surface area contributed by atoms with Gasteiger partial charge in [0.05, 0.1) is 12.6 Å². The molecule has 0 saturated heterocycles. The van der Waals surface area contributed by atoms with Crippen LogP contribution in [0, 0.1) is 12.8 Å². The fourth-order valence-electron chi connectivity index (χ4n) is 1.92. The number of anilines is 1. The molecule has 124 valence electrons. The summed E-state index contributed by atoms with van der Waals surface area (Å²) in [4.78, 5) is 23.5. The number of hydrogen-bond acceptors (Lipinski definition) is 3. The third-order valence-electron chi connectivity index (χ3n) is 3.46. The molecule has 22 heavy (non-hydrogen) atoms. The zero-order valence-corrected chi connectivity index (χ0v) is 14.4. The molecule has 0 saturated carbocycles. The zero-order chi connectivity index (χ0) is 16.0. The Bertz CT molecular complexity index is 518. The van der Waals surface area contributed by atoms with Gasteiger partial charge in [-0.3, -0.25) is 9.59 Å². The average molecular weight is 328 g/mol. The van der Waals surface area contributed by atoms with Crippen molar-refractivity contribution in [2.75, 3.05) is 11.9 Å². The number of hydrogen-bond donors (Lipinski definition) is 3. The summed E-state index contributed by atoms with van der Waals surface area (Å²) < 4.78 is 0. The van der Waals surface area contributed by atoms with Gasteiger partial charge < -0.3 is 16.4 Å². The minimum atomic E-state index is -0.594. The predicted molar refractivity (Wildman–Crippen MR) is 92.3 cm³/mol. The second kappa shape index (κ2) is 9.43. The highest BCUT2D eigenvalue weighted by Crippen LogP contribution is 2.15. The molecule has 5 nitrogen and oxygen atoms in total. The number of carbonyl (C=O) groups excluding carboxylic acids is 2. The van der Waals surface area contributed by atoms with Gasteiger partial charge in [0.15, 0.2) is 0 Å². The number of amides is 2. The molecule has 0 fully saturated rings. The second-order valence-corrected chi connectivity index (χ2v) is 5.53. The molecular formula is C16H26ClN3O2. The lowest BCUT2D eigenvalue weighted by molar-refractivity contribution is -0.125. The van der Waals surface area contributed by atoms with Crippen LogP contribution < -0.4 is 16.4 Å². The van der Waals surface area contributed by atoms with E-state index in [1.165, 1.54) is 11.1 Å². The summed E-state index contributed by atoms with van der Waals surface area (Å²) in [5, 5.41) is 5.32. The molecule has 1 rings (SSSR count). The molecule has 4 N–H and O–H groups in total. The molecule has 0 radical (unpaired) electrons. The van der Waals surface area contributed by atoms with Crippen molar-refractivity contribution in [3.05, 3.63) is 29.3 Å². The molecule has 0 bridgehead atoms. The Hall–Kier alpha value is -1.59. The SMILES string of the molecule is CCc1cc(NC(=O)CNC(=O)[C@@H](N)C(C)C)ccc1C.Cl. The first-order valence-electron chi connectivity index (χ1n) is 7.27. The van der Waals surface area contributed by atoms with E-state index in [1.807, 2.05) is 39.0 Å². The van der Waals surface area contributed by atoms with Crippen LogP contribution in [-0.2, 0) is 16.0 Å². The molecule has 0 aliphatic rings. The van der Waals surface area contributed by atoms with Crippen molar-refractivity contribution in [3.63, 3.8) is 0 Å². The Labute approximate surface area is 138 Å². The summed E-state index contributed by atoms with van der Waals surface area (Å²) in [6, 6.07) is 5.19. The number of nitrogens with one attached hydrogen (secondary N) is 2. The summed E-state index contributed by atoms with van der Waals surface area (Å²) in [7, 11) is 0. The van der Waals surface area contributed by atoms with Crippen molar-refractivity contribution in [2.24, 2.45) is 11.7 Å². The van der Waals surface area contributed by atoms with Crippen LogP contribution in [0.3, 0.4) is 0 Å². The molecule has 0 aromatic heterocycles. The van der Waals surface area contributed by atoms with Gasteiger partial charge in [-0.2, -0.15) is 0 Å². The lowest BCUT2D eigenvalue weighted by Crippen LogP contribution is -2.46. The molecule has 1 aromatic rings.